The predicted octanol–water partition coefficient (Wildman–Crippen LogP) is 3.30. The zero-order chi connectivity index (χ0) is 10.9. The van der Waals surface area contributed by atoms with Crippen LogP contribution in [0, 0.1) is 0 Å². The van der Waals surface area contributed by atoms with Crippen molar-refractivity contribution < 1.29 is 0 Å². The van der Waals surface area contributed by atoms with Crippen LogP contribution in [0.4, 0.5) is 0 Å². The fourth-order valence-corrected chi connectivity index (χ4v) is 4.65. The average Bonchev–Trinajstić information content (AvgIpc) is 2.30. The van der Waals surface area contributed by atoms with Crippen molar-refractivity contribution in [2.75, 3.05) is 17.3 Å². The molecule has 0 radical (unpaired) electrons. The van der Waals surface area contributed by atoms with E-state index in [2.05, 4.69) is 30.1 Å². The Balaban J connectivity index is 2.01. The van der Waals surface area contributed by atoms with Crippen molar-refractivity contribution in [2.45, 2.75) is 43.4 Å². The molecule has 0 aromatic heterocycles. The molecule has 0 amide bonds. The quantitative estimate of drug-likeness (QED) is 0.550. The third kappa shape index (κ3) is 5.88. The lowest BCUT2D eigenvalue weighted by atomic mass is 10.1. The van der Waals surface area contributed by atoms with Gasteiger partial charge < -0.3 is 5.73 Å². The van der Waals surface area contributed by atoms with Gasteiger partial charge in [-0.25, -0.2) is 0 Å². The Morgan fingerprint density at radius 2 is 2.20 bits per heavy atom. The first-order valence-corrected chi connectivity index (χ1v) is 8.10. The Morgan fingerprint density at radius 3 is 2.87 bits per heavy atom. The highest BCUT2D eigenvalue weighted by molar-refractivity contribution is 8.06. The van der Waals surface area contributed by atoms with E-state index < -0.39 is 0 Å². The van der Waals surface area contributed by atoms with Gasteiger partial charge in [0.05, 0.1) is 0 Å². The molecule has 0 spiro atoms. The van der Waals surface area contributed by atoms with Crippen molar-refractivity contribution in [3.63, 3.8) is 0 Å². The van der Waals surface area contributed by atoms with E-state index in [0.717, 1.165) is 6.42 Å². The molecule has 1 fully saturated rings. The van der Waals surface area contributed by atoms with Crippen molar-refractivity contribution in [2.24, 2.45) is 5.73 Å². The summed E-state index contributed by atoms with van der Waals surface area (Å²) in [5, 5.41) is 0.711. The van der Waals surface area contributed by atoms with Crippen molar-refractivity contribution >= 4 is 23.5 Å². The van der Waals surface area contributed by atoms with Gasteiger partial charge in [-0.05, 0) is 19.3 Å². The van der Waals surface area contributed by atoms with Crippen molar-refractivity contribution in [3.05, 3.63) is 12.7 Å². The van der Waals surface area contributed by atoms with Gasteiger partial charge in [-0.15, -0.1) is 6.58 Å². The average molecular weight is 245 g/mol. The van der Waals surface area contributed by atoms with E-state index in [9.17, 15) is 0 Å². The molecule has 2 atom stereocenters. The smallest absolute Gasteiger partial charge is 0.0289 e. The molecule has 0 saturated carbocycles. The number of unbranched alkanes of at least 4 members (excludes halogenated alkanes) is 3. The molecular formula is C12H23NS2. The van der Waals surface area contributed by atoms with Crippen LogP contribution in [0.5, 0.6) is 0 Å². The molecule has 1 rings (SSSR count). The van der Waals surface area contributed by atoms with Crippen LogP contribution in [0.3, 0.4) is 0 Å². The number of nitrogens with two attached hydrogens (primary N) is 1. The van der Waals surface area contributed by atoms with E-state index >= 15 is 0 Å². The van der Waals surface area contributed by atoms with Crippen LogP contribution >= 0.6 is 23.5 Å². The summed E-state index contributed by atoms with van der Waals surface area (Å²) in [4.78, 5) is 0. The zero-order valence-corrected chi connectivity index (χ0v) is 11.1. The molecule has 1 aliphatic heterocycles. The Kier molecular flexibility index (Phi) is 7.67. The lowest BCUT2D eigenvalue weighted by Gasteiger charge is -2.26. The first kappa shape index (κ1) is 13.5. The summed E-state index contributed by atoms with van der Waals surface area (Å²) in [6.45, 7) is 3.74. The lowest BCUT2D eigenvalue weighted by molar-refractivity contribution is 0.551. The summed E-state index contributed by atoms with van der Waals surface area (Å²) in [6.07, 6.45) is 8.25. The van der Waals surface area contributed by atoms with E-state index in [1.807, 2.05) is 6.08 Å². The van der Waals surface area contributed by atoms with Crippen LogP contribution in [0.15, 0.2) is 12.7 Å². The van der Waals surface area contributed by atoms with Crippen LogP contribution in [-0.2, 0) is 0 Å². The topological polar surface area (TPSA) is 26.0 Å². The normalized spacial score (nSPS) is 23.7. The van der Waals surface area contributed by atoms with E-state index in [1.54, 1.807) is 0 Å². The fourth-order valence-electron chi connectivity index (χ4n) is 1.78. The van der Waals surface area contributed by atoms with Crippen LogP contribution < -0.4 is 5.73 Å². The number of hydrogen-bond donors (Lipinski definition) is 1. The number of rotatable bonds is 7. The van der Waals surface area contributed by atoms with Gasteiger partial charge in [0, 0.05) is 28.6 Å². The molecule has 0 bridgehead atoms. The summed E-state index contributed by atoms with van der Waals surface area (Å²) in [7, 11) is 0. The summed E-state index contributed by atoms with van der Waals surface area (Å²) in [5.74, 6) is 3.87. The minimum Gasteiger partial charge on any atom is -0.327 e. The van der Waals surface area contributed by atoms with Gasteiger partial charge in [-0.1, -0.05) is 18.9 Å². The summed E-state index contributed by atoms with van der Waals surface area (Å²) < 4.78 is 0. The van der Waals surface area contributed by atoms with Crippen molar-refractivity contribution in [1.29, 1.82) is 0 Å². The molecule has 1 nitrogen and oxygen atoms in total. The SMILES string of the molecule is C=CCCCCCC(N)C1CSCCS1. The minimum atomic E-state index is 0.423. The van der Waals surface area contributed by atoms with Crippen LogP contribution in [0.2, 0.25) is 0 Å². The molecule has 0 aromatic carbocycles. The third-order valence-corrected chi connectivity index (χ3v) is 5.71. The maximum atomic E-state index is 6.21. The van der Waals surface area contributed by atoms with Gasteiger partial charge in [0.2, 0.25) is 0 Å². The molecule has 88 valence electrons. The van der Waals surface area contributed by atoms with Gasteiger partial charge in [0.25, 0.3) is 0 Å². The monoisotopic (exact) mass is 245 g/mol. The summed E-state index contributed by atoms with van der Waals surface area (Å²) in [5.41, 5.74) is 6.21. The molecule has 15 heavy (non-hydrogen) atoms. The van der Waals surface area contributed by atoms with Gasteiger partial charge in [-0.2, -0.15) is 23.5 Å². The van der Waals surface area contributed by atoms with Crippen LogP contribution in [0.25, 0.3) is 0 Å². The molecule has 0 aromatic rings. The maximum Gasteiger partial charge on any atom is 0.0289 e. The molecule has 0 aliphatic carbocycles. The zero-order valence-electron chi connectivity index (χ0n) is 9.49. The van der Waals surface area contributed by atoms with E-state index in [0.29, 0.717) is 11.3 Å². The van der Waals surface area contributed by atoms with Crippen molar-refractivity contribution in [3.8, 4) is 0 Å². The first-order chi connectivity index (χ1) is 7.34. The van der Waals surface area contributed by atoms with Gasteiger partial charge in [-0.3, -0.25) is 0 Å². The Morgan fingerprint density at radius 1 is 1.33 bits per heavy atom. The molecule has 1 heterocycles. The molecule has 1 saturated heterocycles. The highest BCUT2D eigenvalue weighted by Crippen LogP contribution is 2.27. The number of hydrogen-bond acceptors (Lipinski definition) is 3. The Labute approximate surface area is 103 Å². The lowest BCUT2D eigenvalue weighted by Crippen LogP contribution is -2.36. The summed E-state index contributed by atoms with van der Waals surface area (Å²) >= 11 is 4.14. The molecular weight excluding hydrogens is 222 g/mol. The number of thioether (sulfide) groups is 2. The molecule has 1 aliphatic rings. The third-order valence-electron chi connectivity index (χ3n) is 2.76. The van der Waals surface area contributed by atoms with E-state index in [1.165, 1.54) is 42.9 Å². The second-order valence-electron chi connectivity index (χ2n) is 4.07. The van der Waals surface area contributed by atoms with Crippen molar-refractivity contribution in [1.82, 2.24) is 0 Å². The summed E-state index contributed by atoms with van der Waals surface area (Å²) in [6, 6.07) is 0.423. The molecule has 3 heteroatoms. The van der Waals surface area contributed by atoms with E-state index in [4.69, 9.17) is 5.73 Å². The predicted molar refractivity (Wildman–Crippen MR) is 74.8 cm³/mol. The second kappa shape index (κ2) is 8.54. The largest absolute Gasteiger partial charge is 0.327 e. The van der Waals surface area contributed by atoms with Gasteiger partial charge >= 0.3 is 0 Å². The molecule has 2 N–H and O–H groups in total. The minimum absolute atomic E-state index is 0.423. The Hall–Kier alpha value is 0.400. The highest BCUT2D eigenvalue weighted by Gasteiger charge is 2.20. The highest BCUT2D eigenvalue weighted by atomic mass is 32.2. The first-order valence-electron chi connectivity index (χ1n) is 5.90. The fraction of sp³-hybridized carbons (Fsp3) is 0.833. The van der Waals surface area contributed by atoms with E-state index in [-0.39, 0.29) is 0 Å². The number of allylic oxidation sites excluding steroid dienone is 1. The van der Waals surface area contributed by atoms with Gasteiger partial charge in [0.15, 0.2) is 0 Å². The Bertz CT molecular complexity index is 167. The standard InChI is InChI=1S/C12H23NS2/c1-2-3-4-5-6-7-11(13)12-10-14-8-9-15-12/h2,11-12H,1,3-10,13H2. The second-order valence-corrected chi connectivity index (χ2v) is 6.57. The van der Waals surface area contributed by atoms with Crippen LogP contribution in [-0.4, -0.2) is 28.6 Å². The van der Waals surface area contributed by atoms with Crippen LogP contribution in [0.1, 0.15) is 32.1 Å². The molecule has 2 unspecified atom stereocenters. The maximum absolute atomic E-state index is 6.21. The van der Waals surface area contributed by atoms with Gasteiger partial charge in [0.1, 0.15) is 0 Å².